The lowest BCUT2D eigenvalue weighted by Gasteiger charge is -2.58. The van der Waals surface area contributed by atoms with E-state index in [0.29, 0.717) is 44.9 Å². The zero-order valence-electron chi connectivity index (χ0n) is 26.4. The molecule has 10 nitrogen and oxygen atoms in total. The van der Waals surface area contributed by atoms with Crippen LogP contribution in [-0.2, 0) is 43.6 Å². The first-order chi connectivity index (χ1) is 21.5. The molecule has 0 radical (unpaired) electrons. The Labute approximate surface area is 269 Å². The predicted octanol–water partition coefficient (Wildman–Crippen LogP) is 5.27. The highest BCUT2D eigenvalue weighted by molar-refractivity contribution is 7.86. The second-order valence-corrected chi connectivity index (χ2v) is 15.7. The first-order valence-electron chi connectivity index (χ1n) is 15.9. The van der Waals surface area contributed by atoms with Gasteiger partial charge in [0.15, 0.2) is 0 Å². The zero-order valence-corrected chi connectivity index (χ0v) is 27.3. The van der Waals surface area contributed by atoms with Crippen LogP contribution in [-0.4, -0.2) is 66.4 Å². The smallest absolute Gasteiger partial charge is 0.432 e. The molecule has 0 spiro atoms. The van der Waals surface area contributed by atoms with Gasteiger partial charge in [0.2, 0.25) is 0 Å². The third-order valence-corrected chi connectivity index (χ3v) is 12.6. The first kappa shape index (κ1) is 37.3. The minimum Gasteiger partial charge on any atom is -0.466 e. The van der Waals surface area contributed by atoms with Gasteiger partial charge < -0.3 is 9.47 Å². The fourth-order valence-electron chi connectivity index (χ4n) is 9.06. The van der Waals surface area contributed by atoms with E-state index in [1.165, 1.54) is 0 Å². The van der Waals surface area contributed by atoms with Crippen LogP contribution in [0.25, 0.3) is 0 Å². The standard InChI is InChI=1S/C31H41F5O10S/c1-16(6-9-24(40)45-12-4-5-25(41)46-27(30(32,33)34)31(35,36)47(42,43)44)19-7-8-20-26-21(15-23(39)29(19,20)3)28(2)11-10-18(37)13-17(28)14-22(26)38/h16-17,19-21,26-27H,4-15H2,1-3H3,(H,42,43,44). The van der Waals surface area contributed by atoms with Crippen LogP contribution >= 0.6 is 0 Å². The largest absolute Gasteiger partial charge is 0.466 e. The van der Waals surface area contributed by atoms with Gasteiger partial charge in [-0.15, -0.1) is 0 Å². The van der Waals surface area contributed by atoms with Crippen molar-refractivity contribution >= 4 is 39.4 Å². The molecule has 4 aliphatic rings. The number of alkyl halides is 5. The van der Waals surface area contributed by atoms with E-state index in [1.54, 1.807) is 0 Å². The molecule has 4 aliphatic carbocycles. The fourth-order valence-corrected chi connectivity index (χ4v) is 9.52. The van der Waals surface area contributed by atoms with Gasteiger partial charge in [0, 0.05) is 49.9 Å². The van der Waals surface area contributed by atoms with Crippen LogP contribution in [0.3, 0.4) is 0 Å². The average Bonchev–Trinajstić information content (AvgIpc) is 3.31. The van der Waals surface area contributed by atoms with Crippen molar-refractivity contribution in [2.24, 2.45) is 46.3 Å². The fraction of sp³-hybridized carbons (Fsp3) is 0.839. The van der Waals surface area contributed by atoms with Crippen LogP contribution in [0.5, 0.6) is 0 Å². The number of ketones is 3. The summed E-state index contributed by atoms with van der Waals surface area (Å²) in [5, 5.41) is -5.84. The third kappa shape index (κ3) is 7.00. The lowest BCUT2D eigenvalue weighted by atomic mass is 9.44. The van der Waals surface area contributed by atoms with Crippen LogP contribution in [0.15, 0.2) is 0 Å². The number of esters is 2. The van der Waals surface area contributed by atoms with E-state index in [2.05, 4.69) is 11.7 Å². The van der Waals surface area contributed by atoms with Gasteiger partial charge in [-0.25, -0.2) is 0 Å². The van der Waals surface area contributed by atoms with Crippen molar-refractivity contribution < 1.29 is 68.4 Å². The minimum absolute atomic E-state index is 0.0333. The summed E-state index contributed by atoms with van der Waals surface area (Å²) < 4.78 is 104. The van der Waals surface area contributed by atoms with Gasteiger partial charge in [0.25, 0.3) is 6.10 Å². The summed E-state index contributed by atoms with van der Waals surface area (Å²) in [5.41, 5.74) is -0.979. The van der Waals surface area contributed by atoms with Gasteiger partial charge in [-0.1, -0.05) is 20.8 Å². The molecular formula is C31H41F5O10S. The molecule has 0 aromatic carbocycles. The van der Waals surface area contributed by atoms with Crippen LogP contribution in [0, 0.1) is 46.3 Å². The maximum atomic E-state index is 13.9. The maximum absolute atomic E-state index is 13.9. The van der Waals surface area contributed by atoms with Crippen molar-refractivity contribution in [2.75, 3.05) is 6.61 Å². The van der Waals surface area contributed by atoms with E-state index in [4.69, 9.17) is 9.29 Å². The van der Waals surface area contributed by atoms with Crippen molar-refractivity contribution in [1.29, 1.82) is 0 Å². The molecule has 9 atom stereocenters. The van der Waals surface area contributed by atoms with Crippen molar-refractivity contribution in [3.8, 4) is 0 Å². The molecule has 4 saturated carbocycles. The molecule has 0 aliphatic heterocycles. The molecule has 0 heterocycles. The van der Waals surface area contributed by atoms with E-state index in [0.717, 1.165) is 0 Å². The van der Waals surface area contributed by atoms with Gasteiger partial charge >= 0.3 is 33.5 Å². The Kier molecular flexibility index (Phi) is 10.4. The number of ether oxygens (including phenoxy) is 2. The molecule has 0 bridgehead atoms. The van der Waals surface area contributed by atoms with E-state index in [-0.39, 0.29) is 71.1 Å². The highest BCUT2D eigenvalue weighted by Crippen LogP contribution is 2.66. The van der Waals surface area contributed by atoms with Crippen molar-refractivity contribution in [3.63, 3.8) is 0 Å². The van der Waals surface area contributed by atoms with Crippen LogP contribution in [0.4, 0.5) is 22.0 Å². The number of carbonyl (C=O) groups excluding carboxylic acids is 5. The van der Waals surface area contributed by atoms with Crippen LogP contribution in [0.2, 0.25) is 0 Å². The molecule has 47 heavy (non-hydrogen) atoms. The van der Waals surface area contributed by atoms with Crippen molar-refractivity contribution in [2.45, 2.75) is 109 Å². The van der Waals surface area contributed by atoms with Gasteiger partial charge in [-0.3, -0.25) is 28.5 Å². The Bertz CT molecular complexity index is 1400. The van der Waals surface area contributed by atoms with E-state index < -0.39 is 64.5 Å². The summed E-state index contributed by atoms with van der Waals surface area (Å²) in [7, 11) is -6.56. The zero-order chi connectivity index (χ0) is 35.3. The number of halogens is 5. The SMILES string of the molecule is CC(CCC(=O)OCCCC(=O)OC(C(F)(F)F)C(F)(F)S(=O)(=O)O)C1CCC2C3C(=O)CC4CC(=O)CCC4(C)C3CC(=O)C12C. The number of fused-ring (bicyclic) bond motifs is 5. The molecule has 9 unspecified atom stereocenters. The molecule has 4 rings (SSSR count). The predicted molar refractivity (Wildman–Crippen MR) is 152 cm³/mol. The lowest BCUT2D eigenvalue weighted by molar-refractivity contribution is -0.259. The summed E-state index contributed by atoms with van der Waals surface area (Å²) >= 11 is 0. The summed E-state index contributed by atoms with van der Waals surface area (Å²) in [4.78, 5) is 63.7. The maximum Gasteiger partial charge on any atom is 0.432 e. The molecule has 0 saturated heterocycles. The van der Waals surface area contributed by atoms with E-state index in [1.807, 2.05) is 13.8 Å². The Morgan fingerprint density at radius 1 is 0.979 bits per heavy atom. The number of carbonyl (C=O) groups is 5. The lowest BCUT2D eigenvalue weighted by Crippen LogP contribution is -2.60. The summed E-state index contributed by atoms with van der Waals surface area (Å²) in [5.74, 6) is -2.80. The molecule has 0 aromatic rings. The first-order valence-corrected chi connectivity index (χ1v) is 17.3. The Hall–Kier alpha value is -2.49. The molecule has 266 valence electrons. The molecular weight excluding hydrogens is 659 g/mol. The summed E-state index contributed by atoms with van der Waals surface area (Å²) in [6.45, 7) is 5.53. The normalized spacial score (nSPS) is 34.1. The average molecular weight is 701 g/mol. The van der Waals surface area contributed by atoms with Gasteiger partial charge in [0.05, 0.1) is 6.61 Å². The van der Waals surface area contributed by atoms with Crippen molar-refractivity contribution in [3.05, 3.63) is 0 Å². The minimum atomic E-state index is -6.56. The summed E-state index contributed by atoms with van der Waals surface area (Å²) in [6.07, 6.45) is -7.93. The molecule has 0 aromatic heterocycles. The van der Waals surface area contributed by atoms with Gasteiger partial charge in [0.1, 0.15) is 17.3 Å². The second kappa shape index (κ2) is 13.1. The van der Waals surface area contributed by atoms with Gasteiger partial charge in [-0.2, -0.15) is 30.4 Å². The van der Waals surface area contributed by atoms with Crippen LogP contribution < -0.4 is 0 Å². The summed E-state index contributed by atoms with van der Waals surface area (Å²) in [6, 6.07) is 0. The van der Waals surface area contributed by atoms with E-state index >= 15 is 0 Å². The quantitative estimate of drug-likeness (QED) is 0.130. The van der Waals surface area contributed by atoms with Crippen LogP contribution in [0.1, 0.15) is 91.4 Å². The number of hydrogen-bond donors (Lipinski definition) is 1. The number of rotatable bonds is 11. The highest BCUT2D eigenvalue weighted by atomic mass is 32.2. The monoisotopic (exact) mass is 700 g/mol. The third-order valence-electron chi connectivity index (χ3n) is 11.7. The van der Waals surface area contributed by atoms with E-state index in [9.17, 15) is 54.3 Å². The molecule has 4 fully saturated rings. The van der Waals surface area contributed by atoms with Gasteiger partial charge in [-0.05, 0) is 67.1 Å². The molecule has 0 amide bonds. The number of hydrogen-bond acceptors (Lipinski definition) is 9. The van der Waals surface area contributed by atoms with Crippen molar-refractivity contribution in [1.82, 2.24) is 0 Å². The molecule has 16 heteroatoms. The topological polar surface area (TPSA) is 158 Å². The Morgan fingerprint density at radius 3 is 2.26 bits per heavy atom. The Balaban J connectivity index is 1.28. The highest BCUT2D eigenvalue weighted by Gasteiger charge is 2.67. The molecule has 1 N–H and O–H groups in total. The number of Topliss-reactive ketones (excluding diaryl/α,β-unsaturated/α-hetero) is 3. The Morgan fingerprint density at radius 2 is 1.64 bits per heavy atom. The second-order valence-electron chi connectivity index (χ2n) is 14.2.